The van der Waals surface area contributed by atoms with Gasteiger partial charge in [-0.1, -0.05) is 0 Å². The van der Waals surface area contributed by atoms with E-state index >= 15 is 0 Å². The second-order valence-electron chi connectivity index (χ2n) is 2.02. The van der Waals surface area contributed by atoms with Crippen molar-refractivity contribution in [2.24, 2.45) is 10.8 Å². The molecule has 0 spiro atoms. The van der Waals surface area contributed by atoms with Gasteiger partial charge in [0.2, 0.25) is 0 Å². The van der Waals surface area contributed by atoms with E-state index in [1.807, 2.05) is 6.92 Å². The lowest BCUT2D eigenvalue weighted by molar-refractivity contribution is 1.04. The lowest BCUT2D eigenvalue weighted by Gasteiger charge is -1.90. The number of rotatable bonds is 2. The van der Waals surface area contributed by atoms with Crippen LogP contribution in [0.15, 0.2) is 11.3 Å². The Kier molecular flexibility index (Phi) is 3.12. The van der Waals surface area contributed by atoms with Gasteiger partial charge in [0.05, 0.1) is 16.1 Å². The second kappa shape index (κ2) is 4.13. The average molecular weight is 200 g/mol. The van der Waals surface area contributed by atoms with Crippen molar-refractivity contribution in [1.82, 2.24) is 10.4 Å². The second-order valence-corrected chi connectivity index (χ2v) is 3.72. The molecule has 0 saturated carbocycles. The average Bonchev–Trinajstić information content (AvgIpc) is 2.35. The molecule has 12 heavy (non-hydrogen) atoms. The Balaban J connectivity index is 2.52. The maximum Gasteiger partial charge on any atom is 0.184 e. The molecule has 0 saturated heterocycles. The molecule has 64 valence electrons. The highest BCUT2D eigenvalue weighted by molar-refractivity contribution is 7.80. The molecular formula is C6H8N4S2. The SMILES string of the molecule is Cc1ncc(/C=N/NC(N)=S)s1. The minimum Gasteiger partial charge on any atom is -0.375 e. The van der Waals surface area contributed by atoms with E-state index in [2.05, 4.69) is 27.7 Å². The van der Waals surface area contributed by atoms with Gasteiger partial charge in [-0.05, 0) is 19.1 Å². The Bertz CT molecular complexity index is 304. The molecule has 0 aromatic carbocycles. The molecule has 4 nitrogen and oxygen atoms in total. The third kappa shape index (κ3) is 2.93. The molecule has 0 aliphatic heterocycles. The van der Waals surface area contributed by atoms with E-state index in [0.717, 1.165) is 9.88 Å². The molecule has 0 amide bonds. The molecule has 0 unspecified atom stereocenters. The lowest BCUT2D eigenvalue weighted by Crippen LogP contribution is -2.23. The molecule has 0 radical (unpaired) electrons. The van der Waals surface area contributed by atoms with Gasteiger partial charge in [0, 0.05) is 6.20 Å². The van der Waals surface area contributed by atoms with Crippen molar-refractivity contribution in [3.8, 4) is 0 Å². The summed E-state index contributed by atoms with van der Waals surface area (Å²) in [4.78, 5) is 5.02. The van der Waals surface area contributed by atoms with Gasteiger partial charge >= 0.3 is 0 Å². The third-order valence-corrected chi connectivity index (χ3v) is 1.94. The first kappa shape index (κ1) is 9.08. The maximum atomic E-state index is 5.16. The van der Waals surface area contributed by atoms with Crippen molar-refractivity contribution < 1.29 is 0 Å². The van der Waals surface area contributed by atoms with E-state index in [-0.39, 0.29) is 5.11 Å². The van der Waals surface area contributed by atoms with E-state index < -0.39 is 0 Å². The molecule has 1 aromatic heterocycles. The number of nitrogens with two attached hydrogens (primary N) is 1. The molecule has 0 aliphatic carbocycles. The molecule has 1 heterocycles. The molecule has 1 rings (SSSR count). The zero-order valence-electron chi connectivity index (χ0n) is 6.44. The lowest BCUT2D eigenvalue weighted by atomic mass is 10.6. The predicted molar refractivity (Wildman–Crippen MR) is 54.4 cm³/mol. The van der Waals surface area contributed by atoms with Crippen LogP contribution in [0.25, 0.3) is 0 Å². The van der Waals surface area contributed by atoms with Crippen molar-refractivity contribution in [2.75, 3.05) is 0 Å². The zero-order valence-corrected chi connectivity index (χ0v) is 8.08. The van der Waals surface area contributed by atoms with Crippen LogP contribution >= 0.6 is 23.6 Å². The molecule has 0 atom stereocenters. The smallest absolute Gasteiger partial charge is 0.184 e. The number of aryl methyl sites for hydroxylation is 1. The van der Waals surface area contributed by atoms with Crippen molar-refractivity contribution in [2.45, 2.75) is 6.92 Å². The summed E-state index contributed by atoms with van der Waals surface area (Å²) in [6.45, 7) is 1.93. The van der Waals surface area contributed by atoms with Crippen LogP contribution in [0.5, 0.6) is 0 Å². The molecule has 0 fully saturated rings. The van der Waals surface area contributed by atoms with E-state index in [0.29, 0.717) is 0 Å². The van der Waals surface area contributed by atoms with Crippen LogP contribution in [0.4, 0.5) is 0 Å². The van der Waals surface area contributed by atoms with Crippen molar-refractivity contribution >= 4 is 34.9 Å². The number of nitrogens with zero attached hydrogens (tertiary/aromatic N) is 2. The Morgan fingerprint density at radius 3 is 3.17 bits per heavy atom. The van der Waals surface area contributed by atoms with Crippen molar-refractivity contribution in [3.63, 3.8) is 0 Å². The zero-order chi connectivity index (χ0) is 8.97. The highest BCUT2D eigenvalue weighted by Crippen LogP contribution is 2.07. The van der Waals surface area contributed by atoms with Gasteiger partial charge in [0.1, 0.15) is 0 Å². The summed E-state index contributed by atoms with van der Waals surface area (Å²) >= 11 is 6.11. The van der Waals surface area contributed by atoms with Crippen LogP contribution in [-0.2, 0) is 0 Å². The Labute approximate surface area is 79.5 Å². The number of nitrogens with one attached hydrogen (secondary N) is 1. The Morgan fingerprint density at radius 2 is 2.67 bits per heavy atom. The van der Waals surface area contributed by atoms with Gasteiger partial charge in [-0.15, -0.1) is 11.3 Å². The summed E-state index contributed by atoms with van der Waals surface area (Å²) in [7, 11) is 0. The fraction of sp³-hybridized carbons (Fsp3) is 0.167. The fourth-order valence-corrected chi connectivity index (χ4v) is 1.31. The van der Waals surface area contributed by atoms with Crippen LogP contribution in [-0.4, -0.2) is 16.3 Å². The van der Waals surface area contributed by atoms with Gasteiger partial charge < -0.3 is 5.73 Å². The van der Waals surface area contributed by atoms with Crippen LogP contribution in [0.1, 0.15) is 9.88 Å². The summed E-state index contributed by atoms with van der Waals surface area (Å²) in [6.07, 6.45) is 3.37. The number of thiocarbonyl (C=S) groups is 1. The minimum atomic E-state index is 0.160. The fourth-order valence-electron chi connectivity index (χ4n) is 0.597. The van der Waals surface area contributed by atoms with Crippen molar-refractivity contribution in [3.05, 3.63) is 16.1 Å². The van der Waals surface area contributed by atoms with E-state index in [1.54, 1.807) is 23.7 Å². The summed E-state index contributed by atoms with van der Waals surface area (Å²) in [5, 5.41) is 4.95. The monoisotopic (exact) mass is 200 g/mol. The maximum absolute atomic E-state index is 5.16. The van der Waals surface area contributed by atoms with Crippen LogP contribution < -0.4 is 11.2 Å². The Morgan fingerprint density at radius 1 is 1.92 bits per heavy atom. The molecule has 0 aliphatic rings. The van der Waals surface area contributed by atoms with Gasteiger partial charge in [-0.3, -0.25) is 5.43 Å². The third-order valence-electron chi connectivity index (χ3n) is 1.01. The van der Waals surface area contributed by atoms with E-state index in [9.17, 15) is 0 Å². The van der Waals surface area contributed by atoms with E-state index in [1.165, 1.54) is 0 Å². The number of hydrazone groups is 1. The predicted octanol–water partition coefficient (Wildman–Crippen LogP) is 0.619. The van der Waals surface area contributed by atoms with E-state index in [4.69, 9.17) is 5.73 Å². The highest BCUT2D eigenvalue weighted by atomic mass is 32.1. The Hall–Kier alpha value is -1.01. The minimum absolute atomic E-state index is 0.160. The van der Waals surface area contributed by atoms with Gasteiger partial charge in [0.25, 0.3) is 0 Å². The molecule has 1 aromatic rings. The number of hydrogen-bond donors (Lipinski definition) is 2. The van der Waals surface area contributed by atoms with Gasteiger partial charge in [-0.2, -0.15) is 5.10 Å². The first-order valence-electron chi connectivity index (χ1n) is 3.19. The summed E-state index contributed by atoms with van der Waals surface area (Å²) in [5.41, 5.74) is 7.62. The molecule has 3 N–H and O–H groups in total. The quantitative estimate of drug-likeness (QED) is 0.417. The molecular weight excluding hydrogens is 192 g/mol. The summed E-state index contributed by atoms with van der Waals surface area (Å²) in [5.74, 6) is 0. The normalized spacial score (nSPS) is 10.4. The first-order valence-corrected chi connectivity index (χ1v) is 4.42. The topological polar surface area (TPSA) is 63.3 Å². The van der Waals surface area contributed by atoms with Crippen molar-refractivity contribution in [1.29, 1.82) is 0 Å². The largest absolute Gasteiger partial charge is 0.375 e. The summed E-state index contributed by atoms with van der Waals surface area (Å²) in [6, 6.07) is 0. The summed E-state index contributed by atoms with van der Waals surface area (Å²) < 4.78 is 0. The van der Waals surface area contributed by atoms with Crippen LogP contribution in [0.2, 0.25) is 0 Å². The molecule has 0 bridgehead atoms. The highest BCUT2D eigenvalue weighted by Gasteiger charge is 1.92. The molecule has 6 heteroatoms. The van der Waals surface area contributed by atoms with Gasteiger partial charge in [-0.25, -0.2) is 4.98 Å². The number of aromatic nitrogens is 1. The van der Waals surface area contributed by atoms with Gasteiger partial charge in [0.15, 0.2) is 5.11 Å². The first-order chi connectivity index (χ1) is 5.68. The number of hydrogen-bond acceptors (Lipinski definition) is 4. The standard InChI is InChI=1S/C6H8N4S2/c1-4-8-2-5(12-4)3-9-10-6(7)11/h2-3H,1H3,(H3,7,10,11)/b9-3+. The van der Waals surface area contributed by atoms with Crippen LogP contribution in [0, 0.1) is 6.92 Å². The van der Waals surface area contributed by atoms with Crippen LogP contribution in [0.3, 0.4) is 0 Å². The number of thiazole rings is 1.